The van der Waals surface area contributed by atoms with Crippen LogP contribution in [0.1, 0.15) is 12.5 Å². The minimum absolute atomic E-state index is 0.0724. The maximum Gasteiger partial charge on any atom is 0.242 e. The summed E-state index contributed by atoms with van der Waals surface area (Å²) in [6.07, 6.45) is 6.40. The third-order valence-electron chi connectivity index (χ3n) is 7.47. The Kier molecular flexibility index (Phi) is 6.04. The molecule has 4 heterocycles. The molecule has 0 bridgehead atoms. The number of hydrogen-bond acceptors (Lipinski definition) is 7. The standard InChI is InChI=1S/C28H32N8O/c1-2-33-11-9-20-17-21(7-8-23(20)33)27-28(36-12-10-30-18-25(36)32-27)31-19-26(37)35-15-13-34(14-16-35)24-6-4-3-5-22(24)29/h3-8,10,12,17-18,31H,2,9,11,13-16,19,29H2,1H3. The van der Waals surface area contributed by atoms with Gasteiger partial charge >= 0.3 is 0 Å². The summed E-state index contributed by atoms with van der Waals surface area (Å²) in [6.45, 7) is 7.30. The molecule has 0 spiro atoms. The molecule has 4 aromatic rings. The molecule has 0 aliphatic carbocycles. The Bertz CT molecular complexity index is 1440. The number of piperazine rings is 1. The van der Waals surface area contributed by atoms with Gasteiger partial charge in [-0.05, 0) is 43.2 Å². The Morgan fingerprint density at radius 3 is 2.70 bits per heavy atom. The van der Waals surface area contributed by atoms with Crippen LogP contribution in [0.2, 0.25) is 0 Å². The average Bonchev–Trinajstić information content (AvgIpc) is 3.53. The van der Waals surface area contributed by atoms with Gasteiger partial charge in [0, 0.05) is 62.9 Å². The molecule has 190 valence electrons. The van der Waals surface area contributed by atoms with E-state index in [4.69, 9.17) is 10.7 Å². The van der Waals surface area contributed by atoms with Crippen molar-refractivity contribution in [3.05, 3.63) is 66.6 Å². The van der Waals surface area contributed by atoms with Gasteiger partial charge in [0.2, 0.25) is 5.91 Å². The lowest BCUT2D eigenvalue weighted by atomic mass is 10.1. The minimum Gasteiger partial charge on any atom is -0.397 e. The molecule has 2 aromatic carbocycles. The average molecular weight is 497 g/mol. The van der Waals surface area contributed by atoms with Gasteiger partial charge in [0.25, 0.3) is 0 Å². The van der Waals surface area contributed by atoms with Crippen LogP contribution in [0.4, 0.5) is 22.9 Å². The summed E-state index contributed by atoms with van der Waals surface area (Å²) >= 11 is 0. The van der Waals surface area contributed by atoms with E-state index in [1.807, 2.05) is 39.8 Å². The van der Waals surface area contributed by atoms with Crippen molar-refractivity contribution in [2.24, 2.45) is 0 Å². The van der Waals surface area contributed by atoms with Crippen molar-refractivity contribution >= 4 is 34.4 Å². The number of fused-ring (bicyclic) bond motifs is 2. The van der Waals surface area contributed by atoms with E-state index in [-0.39, 0.29) is 12.5 Å². The molecule has 9 nitrogen and oxygen atoms in total. The lowest BCUT2D eigenvalue weighted by Gasteiger charge is -2.36. The highest BCUT2D eigenvalue weighted by molar-refractivity contribution is 5.84. The maximum atomic E-state index is 13.2. The van der Waals surface area contributed by atoms with Gasteiger partial charge in [-0.3, -0.25) is 14.2 Å². The van der Waals surface area contributed by atoms with E-state index in [0.717, 1.165) is 66.7 Å². The second kappa shape index (κ2) is 9.65. The molecule has 1 fully saturated rings. The number of likely N-dealkylation sites (N-methyl/N-ethyl adjacent to an activating group) is 1. The normalized spacial score (nSPS) is 15.3. The molecule has 0 atom stereocenters. The fourth-order valence-corrected chi connectivity index (χ4v) is 5.47. The van der Waals surface area contributed by atoms with Gasteiger partial charge in [-0.15, -0.1) is 0 Å². The lowest BCUT2D eigenvalue weighted by Crippen LogP contribution is -2.50. The number of carbonyl (C=O) groups is 1. The van der Waals surface area contributed by atoms with Crippen molar-refractivity contribution in [1.29, 1.82) is 0 Å². The Hall–Kier alpha value is -4.27. The van der Waals surface area contributed by atoms with Crippen LogP contribution in [0.25, 0.3) is 16.9 Å². The summed E-state index contributed by atoms with van der Waals surface area (Å²) in [5, 5.41) is 3.41. The predicted octanol–water partition coefficient (Wildman–Crippen LogP) is 3.12. The van der Waals surface area contributed by atoms with Crippen molar-refractivity contribution in [1.82, 2.24) is 19.3 Å². The van der Waals surface area contributed by atoms with E-state index in [2.05, 4.69) is 45.2 Å². The molecule has 0 radical (unpaired) electrons. The third kappa shape index (κ3) is 4.30. The molecule has 2 aliphatic rings. The van der Waals surface area contributed by atoms with Gasteiger partial charge in [0.1, 0.15) is 11.5 Å². The number of nitrogens with zero attached hydrogens (tertiary/aromatic N) is 6. The van der Waals surface area contributed by atoms with E-state index in [1.54, 1.807) is 12.4 Å². The van der Waals surface area contributed by atoms with E-state index >= 15 is 0 Å². The van der Waals surface area contributed by atoms with Gasteiger partial charge in [-0.1, -0.05) is 18.2 Å². The number of hydrogen-bond donors (Lipinski definition) is 2. The first-order chi connectivity index (χ1) is 18.1. The fourth-order valence-electron chi connectivity index (χ4n) is 5.47. The topological polar surface area (TPSA) is 95.0 Å². The molecule has 3 N–H and O–H groups in total. The first-order valence-electron chi connectivity index (χ1n) is 12.9. The molecular weight excluding hydrogens is 464 g/mol. The summed E-state index contributed by atoms with van der Waals surface area (Å²) in [5.41, 5.74) is 13.2. The molecule has 2 aliphatic heterocycles. The molecule has 1 saturated heterocycles. The summed E-state index contributed by atoms with van der Waals surface area (Å²) in [4.78, 5) is 28.9. The maximum absolute atomic E-state index is 13.2. The van der Waals surface area contributed by atoms with E-state index < -0.39 is 0 Å². The van der Waals surface area contributed by atoms with Crippen LogP contribution in [0.5, 0.6) is 0 Å². The van der Waals surface area contributed by atoms with Crippen LogP contribution in [0, 0.1) is 0 Å². The first-order valence-corrected chi connectivity index (χ1v) is 12.9. The van der Waals surface area contributed by atoms with Crippen LogP contribution in [0.3, 0.4) is 0 Å². The zero-order valence-electron chi connectivity index (χ0n) is 21.1. The van der Waals surface area contributed by atoms with Crippen molar-refractivity contribution in [2.75, 3.05) is 66.7 Å². The number of benzene rings is 2. The molecule has 37 heavy (non-hydrogen) atoms. The number of amides is 1. The number of carbonyl (C=O) groups excluding carboxylic acids is 1. The van der Waals surface area contributed by atoms with E-state index in [1.165, 1.54) is 11.3 Å². The van der Waals surface area contributed by atoms with Gasteiger partial charge in [0.15, 0.2) is 5.65 Å². The van der Waals surface area contributed by atoms with Crippen LogP contribution in [-0.4, -0.2) is 71.0 Å². The highest BCUT2D eigenvalue weighted by Crippen LogP contribution is 2.35. The van der Waals surface area contributed by atoms with Crippen molar-refractivity contribution in [2.45, 2.75) is 13.3 Å². The second-order valence-electron chi connectivity index (χ2n) is 9.57. The quantitative estimate of drug-likeness (QED) is 0.396. The molecule has 2 aromatic heterocycles. The molecular formula is C28H32N8O. The van der Waals surface area contributed by atoms with Crippen LogP contribution < -0.4 is 20.9 Å². The number of nitrogens with two attached hydrogens (primary N) is 1. The van der Waals surface area contributed by atoms with Gasteiger partial charge in [-0.2, -0.15) is 0 Å². The van der Waals surface area contributed by atoms with Gasteiger partial charge in [0.05, 0.1) is 24.1 Å². The second-order valence-corrected chi connectivity index (χ2v) is 9.57. The summed E-state index contributed by atoms with van der Waals surface area (Å²) in [7, 11) is 0. The number of anilines is 4. The highest BCUT2D eigenvalue weighted by atomic mass is 16.2. The lowest BCUT2D eigenvalue weighted by molar-refractivity contribution is -0.129. The molecule has 0 unspecified atom stereocenters. The van der Waals surface area contributed by atoms with E-state index in [0.29, 0.717) is 13.1 Å². The zero-order chi connectivity index (χ0) is 25.4. The largest absolute Gasteiger partial charge is 0.397 e. The number of nitrogen functional groups attached to an aromatic ring is 1. The Balaban J connectivity index is 1.19. The monoisotopic (exact) mass is 496 g/mol. The van der Waals surface area contributed by atoms with Crippen LogP contribution in [-0.2, 0) is 11.2 Å². The molecule has 6 rings (SSSR count). The summed E-state index contributed by atoms with van der Waals surface area (Å²) in [6, 6.07) is 14.5. The number of aromatic nitrogens is 3. The third-order valence-corrected chi connectivity index (χ3v) is 7.47. The van der Waals surface area contributed by atoms with Crippen molar-refractivity contribution < 1.29 is 4.79 Å². The van der Waals surface area contributed by atoms with Crippen LogP contribution >= 0.6 is 0 Å². The zero-order valence-corrected chi connectivity index (χ0v) is 21.1. The summed E-state index contributed by atoms with van der Waals surface area (Å²) < 4.78 is 1.97. The smallest absolute Gasteiger partial charge is 0.242 e. The number of para-hydroxylation sites is 2. The van der Waals surface area contributed by atoms with Crippen molar-refractivity contribution in [3.8, 4) is 11.3 Å². The van der Waals surface area contributed by atoms with Crippen molar-refractivity contribution in [3.63, 3.8) is 0 Å². The minimum atomic E-state index is 0.0724. The van der Waals surface area contributed by atoms with E-state index in [9.17, 15) is 4.79 Å². The number of nitrogens with one attached hydrogen (secondary N) is 1. The Morgan fingerprint density at radius 2 is 1.89 bits per heavy atom. The van der Waals surface area contributed by atoms with Gasteiger partial charge in [-0.25, -0.2) is 4.98 Å². The first kappa shape index (κ1) is 23.1. The highest BCUT2D eigenvalue weighted by Gasteiger charge is 2.24. The molecule has 9 heteroatoms. The number of imidazole rings is 1. The molecule has 0 saturated carbocycles. The van der Waals surface area contributed by atoms with Gasteiger partial charge < -0.3 is 25.8 Å². The fraction of sp³-hybridized carbons (Fsp3) is 0.321. The predicted molar refractivity (Wildman–Crippen MR) is 148 cm³/mol. The number of rotatable bonds is 6. The van der Waals surface area contributed by atoms with Crippen LogP contribution in [0.15, 0.2) is 61.1 Å². The summed E-state index contributed by atoms with van der Waals surface area (Å²) in [5.74, 6) is 0.884. The molecule has 1 amide bonds. The Morgan fingerprint density at radius 1 is 1.05 bits per heavy atom. The Labute approximate surface area is 216 Å². The SMILES string of the molecule is CCN1CCc2cc(-c3nc4cnccn4c3NCC(=O)N3CCN(c4ccccc4N)CC3)ccc21.